The van der Waals surface area contributed by atoms with Gasteiger partial charge in [0.25, 0.3) is 0 Å². The van der Waals surface area contributed by atoms with Crippen molar-refractivity contribution in [2.24, 2.45) is 0 Å². The van der Waals surface area contributed by atoms with Crippen LogP contribution in [0.1, 0.15) is 168 Å². The Morgan fingerprint density at radius 2 is 0.811 bits per heavy atom. The first-order valence-corrected chi connectivity index (χ1v) is 27.8. The number of carbonyl (C=O) groups is 2. The Morgan fingerprint density at radius 3 is 1.30 bits per heavy atom. The molecule has 15 nitrogen and oxygen atoms in total. The molecule has 0 aromatic carbocycles. The van der Waals surface area contributed by atoms with Gasteiger partial charge >= 0.3 is 11.9 Å². The molecule has 2 aliphatic heterocycles. The van der Waals surface area contributed by atoms with Gasteiger partial charge in [0.1, 0.15) is 55.4 Å². The first-order valence-electron chi connectivity index (χ1n) is 27.8. The number of aliphatic hydroxyl groups excluding tert-OH is 7. The van der Waals surface area contributed by atoms with Gasteiger partial charge in [-0.05, 0) is 89.9 Å². The molecule has 2 rings (SSSR count). The first-order chi connectivity index (χ1) is 36.0. The van der Waals surface area contributed by atoms with E-state index >= 15 is 0 Å². The fraction of sp³-hybridized carbons (Fsp3) is 0.695. The van der Waals surface area contributed by atoms with E-state index in [2.05, 4.69) is 111 Å². The summed E-state index contributed by atoms with van der Waals surface area (Å²) in [5.41, 5.74) is 0. The molecule has 0 bridgehead atoms. The maximum absolute atomic E-state index is 13.1. The maximum atomic E-state index is 13.1. The summed E-state index contributed by atoms with van der Waals surface area (Å²) in [6.07, 6.45) is 40.0. The monoisotopic (exact) mass is 1040 g/mol. The summed E-state index contributed by atoms with van der Waals surface area (Å²) in [5.74, 6) is -0.986. The van der Waals surface area contributed by atoms with Crippen LogP contribution in [0.4, 0.5) is 0 Å². The van der Waals surface area contributed by atoms with Gasteiger partial charge in [-0.3, -0.25) is 9.59 Å². The highest BCUT2D eigenvalue weighted by Gasteiger charge is 2.47. The van der Waals surface area contributed by atoms with Gasteiger partial charge in [-0.1, -0.05) is 162 Å². The zero-order chi connectivity index (χ0) is 53.9. The van der Waals surface area contributed by atoms with Crippen LogP contribution < -0.4 is 0 Å². The minimum atomic E-state index is -1.78. The summed E-state index contributed by atoms with van der Waals surface area (Å²) in [6, 6.07) is 0. The van der Waals surface area contributed by atoms with Crippen LogP contribution in [0.15, 0.2) is 97.2 Å². The normalized spacial score (nSPS) is 25.4. The standard InChI is InChI=1S/C59H96O15/c1-3-5-7-9-11-13-15-17-19-20-21-22-23-24-25-26-28-30-32-34-36-38-40-42-51(62)72-47(44-69-50(61)41-39-37-35-33-31-29-27-18-16-14-12-10-8-6-4-2)45-70-58-57(68)55(66)53(64)49(74-58)46-71-59-56(67)54(65)52(63)48(43-60)73-59/h5-8,11-14,17-19,21-22,27,31,33,47-49,52-60,63-68H,3-4,9-10,15-16,20,23-26,28-30,32,34-46H2,1-2H3/b7-5-,8-6-,13-11-,14-12-,19-17-,22-21-,27-18-,33-31-. The van der Waals surface area contributed by atoms with E-state index in [9.17, 15) is 45.3 Å². The molecule has 15 heteroatoms. The van der Waals surface area contributed by atoms with Gasteiger partial charge in [0.15, 0.2) is 18.7 Å². The zero-order valence-electron chi connectivity index (χ0n) is 44.8. The number of unbranched alkanes of at least 4 members (excludes halogenated alkanes) is 12. The minimum absolute atomic E-state index is 0.145. The predicted octanol–water partition coefficient (Wildman–Crippen LogP) is 8.93. The number of ether oxygens (including phenoxy) is 6. The van der Waals surface area contributed by atoms with Crippen LogP contribution in [-0.4, -0.2) is 142 Å². The summed E-state index contributed by atoms with van der Waals surface area (Å²) in [7, 11) is 0. The second-order valence-corrected chi connectivity index (χ2v) is 19.0. The number of hydrogen-bond acceptors (Lipinski definition) is 15. The molecule has 0 radical (unpaired) electrons. The molecule has 0 aromatic rings. The molecular formula is C59H96O15. The lowest BCUT2D eigenvalue weighted by molar-refractivity contribution is -0.332. The average Bonchev–Trinajstić information content (AvgIpc) is 3.39. The summed E-state index contributed by atoms with van der Waals surface area (Å²) in [6.45, 7) is 2.31. The highest BCUT2D eigenvalue weighted by molar-refractivity contribution is 5.70. The number of hydrogen-bond donors (Lipinski definition) is 7. The third-order valence-electron chi connectivity index (χ3n) is 12.6. The molecule has 422 valence electrons. The fourth-order valence-electron chi connectivity index (χ4n) is 8.08. The van der Waals surface area contributed by atoms with Crippen LogP contribution >= 0.6 is 0 Å². The van der Waals surface area contributed by atoms with Gasteiger partial charge < -0.3 is 64.2 Å². The SMILES string of the molecule is CC/C=C\C/C=C\C/C=C\C/C=C\CCCCCCCCCCCCC(=O)OC(COC(=O)CCCC/C=C\C/C=C\C/C=C\C/C=C\CC)COC1OC(COC2OC(CO)C(O)C(O)C2O)C(O)C(O)C1O. The van der Waals surface area contributed by atoms with Crippen molar-refractivity contribution in [2.75, 3.05) is 26.4 Å². The molecule has 2 fully saturated rings. The largest absolute Gasteiger partial charge is 0.462 e. The molecule has 0 amide bonds. The van der Waals surface area contributed by atoms with Crippen molar-refractivity contribution in [1.29, 1.82) is 0 Å². The van der Waals surface area contributed by atoms with Gasteiger partial charge in [-0.2, -0.15) is 0 Å². The van der Waals surface area contributed by atoms with Crippen molar-refractivity contribution < 1.29 is 73.8 Å². The van der Waals surface area contributed by atoms with Crippen LogP contribution in [0.2, 0.25) is 0 Å². The average molecular weight is 1050 g/mol. The second kappa shape index (κ2) is 44.5. The van der Waals surface area contributed by atoms with Crippen LogP contribution in [0.3, 0.4) is 0 Å². The Labute approximate surface area is 443 Å². The van der Waals surface area contributed by atoms with Crippen molar-refractivity contribution in [3.05, 3.63) is 97.2 Å². The predicted molar refractivity (Wildman–Crippen MR) is 288 cm³/mol. The van der Waals surface area contributed by atoms with E-state index in [0.29, 0.717) is 12.8 Å². The molecule has 7 N–H and O–H groups in total. The molecule has 0 spiro atoms. The quantitative estimate of drug-likeness (QED) is 0.0172. The summed E-state index contributed by atoms with van der Waals surface area (Å²) in [5, 5.41) is 72.2. The van der Waals surface area contributed by atoms with Crippen LogP contribution in [0, 0.1) is 0 Å². The number of allylic oxidation sites excluding steroid dienone is 16. The highest BCUT2D eigenvalue weighted by atomic mass is 16.7. The van der Waals surface area contributed by atoms with Crippen molar-refractivity contribution in [2.45, 2.75) is 235 Å². The lowest BCUT2D eigenvalue weighted by Gasteiger charge is -2.42. The Morgan fingerprint density at radius 1 is 0.432 bits per heavy atom. The Kier molecular flexibility index (Phi) is 40.0. The smallest absolute Gasteiger partial charge is 0.306 e. The van der Waals surface area contributed by atoms with Crippen LogP contribution in [-0.2, 0) is 38.0 Å². The van der Waals surface area contributed by atoms with Crippen LogP contribution in [0.25, 0.3) is 0 Å². The van der Waals surface area contributed by atoms with E-state index in [-0.39, 0.29) is 19.4 Å². The molecule has 2 saturated heterocycles. The van der Waals surface area contributed by atoms with E-state index in [1.807, 2.05) is 0 Å². The van der Waals surface area contributed by atoms with Crippen molar-refractivity contribution >= 4 is 11.9 Å². The molecule has 0 aromatic heterocycles. The number of aliphatic hydroxyl groups is 7. The maximum Gasteiger partial charge on any atom is 0.306 e. The molecule has 74 heavy (non-hydrogen) atoms. The summed E-state index contributed by atoms with van der Waals surface area (Å²) in [4.78, 5) is 25.8. The molecule has 0 aliphatic carbocycles. The molecular weight excluding hydrogens is 949 g/mol. The number of rotatable bonds is 42. The van der Waals surface area contributed by atoms with E-state index in [1.165, 1.54) is 32.1 Å². The van der Waals surface area contributed by atoms with E-state index < -0.39 is 99.3 Å². The Hall–Kier alpha value is -3.58. The summed E-state index contributed by atoms with van der Waals surface area (Å²) < 4.78 is 33.6. The Bertz CT molecular complexity index is 1650. The van der Waals surface area contributed by atoms with Crippen LogP contribution in [0.5, 0.6) is 0 Å². The molecule has 2 aliphatic rings. The lowest BCUT2D eigenvalue weighted by Crippen LogP contribution is -2.61. The highest BCUT2D eigenvalue weighted by Crippen LogP contribution is 2.26. The topological polar surface area (TPSA) is 231 Å². The number of carbonyl (C=O) groups excluding carboxylic acids is 2. The summed E-state index contributed by atoms with van der Waals surface area (Å²) >= 11 is 0. The fourth-order valence-corrected chi connectivity index (χ4v) is 8.08. The molecule has 11 atom stereocenters. The van der Waals surface area contributed by atoms with Crippen molar-refractivity contribution in [3.8, 4) is 0 Å². The van der Waals surface area contributed by atoms with Gasteiger partial charge in [-0.25, -0.2) is 0 Å². The van der Waals surface area contributed by atoms with Gasteiger partial charge in [0.05, 0.1) is 19.8 Å². The second-order valence-electron chi connectivity index (χ2n) is 19.0. The third kappa shape index (κ3) is 31.5. The molecule has 0 saturated carbocycles. The van der Waals surface area contributed by atoms with Crippen molar-refractivity contribution in [3.63, 3.8) is 0 Å². The van der Waals surface area contributed by atoms with E-state index in [4.69, 9.17) is 28.4 Å². The Balaban J connectivity index is 1.78. The lowest BCUT2D eigenvalue weighted by atomic mass is 9.98. The third-order valence-corrected chi connectivity index (χ3v) is 12.6. The molecule has 11 unspecified atom stereocenters. The van der Waals surface area contributed by atoms with Crippen molar-refractivity contribution in [1.82, 2.24) is 0 Å². The minimum Gasteiger partial charge on any atom is -0.462 e. The molecule has 2 heterocycles. The first kappa shape index (κ1) is 66.5. The number of esters is 2. The van der Waals surface area contributed by atoms with E-state index in [0.717, 1.165) is 96.3 Å². The van der Waals surface area contributed by atoms with Gasteiger partial charge in [-0.15, -0.1) is 0 Å². The van der Waals surface area contributed by atoms with Gasteiger partial charge in [0, 0.05) is 12.8 Å². The zero-order valence-corrected chi connectivity index (χ0v) is 44.8. The van der Waals surface area contributed by atoms with E-state index in [1.54, 1.807) is 0 Å². The van der Waals surface area contributed by atoms with Gasteiger partial charge in [0.2, 0.25) is 0 Å².